The number of fused-ring (bicyclic) bond motifs is 1. The number of ketones is 1. The first kappa shape index (κ1) is 15.7. The van der Waals surface area contributed by atoms with Crippen LogP contribution >= 0.6 is 0 Å². The van der Waals surface area contributed by atoms with E-state index in [2.05, 4.69) is 33.8 Å². The highest BCUT2D eigenvalue weighted by Crippen LogP contribution is 2.26. The van der Waals surface area contributed by atoms with Gasteiger partial charge in [-0.2, -0.15) is 15.1 Å². The van der Waals surface area contributed by atoms with Crippen LogP contribution in [0.3, 0.4) is 0 Å². The van der Waals surface area contributed by atoms with Gasteiger partial charge in [0.2, 0.25) is 5.95 Å². The van der Waals surface area contributed by atoms with Gasteiger partial charge in [-0.15, -0.1) is 0 Å². The molecule has 0 radical (unpaired) electrons. The summed E-state index contributed by atoms with van der Waals surface area (Å²) in [6.07, 6.45) is 4.24. The molecule has 2 N–H and O–H groups in total. The molecule has 0 saturated carbocycles. The molecule has 1 atom stereocenters. The molecule has 3 rings (SSSR count). The number of carbonyl (C=O) groups is 1. The normalized spacial score (nSPS) is 18.8. The van der Waals surface area contributed by atoms with Gasteiger partial charge in [-0.3, -0.25) is 9.48 Å². The Kier molecular flexibility index (Phi) is 4.19. The fraction of sp³-hybridized carbons (Fsp3) is 0.625. The van der Waals surface area contributed by atoms with Crippen molar-refractivity contribution in [1.82, 2.24) is 19.7 Å². The van der Waals surface area contributed by atoms with Crippen molar-refractivity contribution < 1.29 is 4.79 Å². The van der Waals surface area contributed by atoms with Crippen molar-refractivity contribution in [3.63, 3.8) is 0 Å². The molecule has 0 aromatic carbocycles. The maximum Gasteiger partial charge on any atom is 0.229 e. The van der Waals surface area contributed by atoms with Gasteiger partial charge >= 0.3 is 0 Å². The van der Waals surface area contributed by atoms with Crippen LogP contribution < -0.4 is 10.6 Å². The first-order chi connectivity index (χ1) is 11.0. The number of aryl methyl sites for hydroxylation is 1. The van der Waals surface area contributed by atoms with Crippen LogP contribution in [0.4, 0.5) is 11.8 Å². The fourth-order valence-corrected chi connectivity index (χ4v) is 3.16. The van der Waals surface area contributed by atoms with Gasteiger partial charge in [0.05, 0.1) is 11.6 Å². The van der Waals surface area contributed by atoms with Crippen LogP contribution in [-0.2, 0) is 11.8 Å². The molecule has 3 heterocycles. The van der Waals surface area contributed by atoms with E-state index < -0.39 is 0 Å². The molecular formula is C16H24N6O. The Bertz CT molecular complexity index is 723. The van der Waals surface area contributed by atoms with Crippen molar-refractivity contribution in [2.45, 2.75) is 33.1 Å². The summed E-state index contributed by atoms with van der Waals surface area (Å²) in [7, 11) is 1.84. The molecule has 2 aromatic heterocycles. The van der Waals surface area contributed by atoms with Crippen molar-refractivity contribution in [2.75, 3.05) is 23.7 Å². The van der Waals surface area contributed by atoms with E-state index in [0.717, 1.165) is 30.4 Å². The number of rotatable bonds is 4. The average molecular weight is 316 g/mol. The van der Waals surface area contributed by atoms with Crippen LogP contribution in [0.15, 0.2) is 6.20 Å². The monoisotopic (exact) mass is 316 g/mol. The van der Waals surface area contributed by atoms with Gasteiger partial charge in [-0.25, -0.2) is 0 Å². The molecule has 23 heavy (non-hydrogen) atoms. The average Bonchev–Trinajstić information content (AvgIpc) is 2.89. The molecule has 0 aliphatic carbocycles. The highest BCUT2D eigenvalue weighted by Gasteiger charge is 2.27. The van der Waals surface area contributed by atoms with Crippen molar-refractivity contribution in [1.29, 1.82) is 0 Å². The van der Waals surface area contributed by atoms with Gasteiger partial charge in [0.25, 0.3) is 0 Å². The van der Waals surface area contributed by atoms with E-state index in [1.165, 1.54) is 0 Å². The molecule has 1 saturated heterocycles. The van der Waals surface area contributed by atoms with Crippen LogP contribution in [0, 0.1) is 11.8 Å². The number of nitrogens with zero attached hydrogens (tertiary/aromatic N) is 5. The van der Waals surface area contributed by atoms with E-state index in [1.807, 2.05) is 7.05 Å². The molecule has 0 spiro atoms. The minimum atomic E-state index is 0.0678. The first-order valence-electron chi connectivity index (χ1n) is 8.18. The van der Waals surface area contributed by atoms with Gasteiger partial charge in [-0.1, -0.05) is 13.8 Å². The van der Waals surface area contributed by atoms with Gasteiger partial charge in [-0.05, 0) is 18.8 Å². The minimum Gasteiger partial charge on any atom is -0.383 e. The van der Waals surface area contributed by atoms with Gasteiger partial charge < -0.3 is 10.6 Å². The molecule has 7 heteroatoms. The van der Waals surface area contributed by atoms with Crippen LogP contribution in [-0.4, -0.2) is 38.6 Å². The summed E-state index contributed by atoms with van der Waals surface area (Å²) in [6, 6.07) is 0. The standard InChI is InChI=1S/C16H24N6O/c1-10(2)7-13(23)11-5-4-6-22(9-11)16-19-14(17)12-8-18-21(3)15(12)20-16/h8,10-11H,4-7,9H2,1-3H3,(H2,17,19,20). The van der Waals surface area contributed by atoms with Crippen molar-refractivity contribution in [2.24, 2.45) is 18.9 Å². The zero-order valence-corrected chi connectivity index (χ0v) is 14.0. The molecule has 1 aliphatic rings. The lowest BCUT2D eigenvalue weighted by molar-refractivity contribution is -0.123. The fourth-order valence-electron chi connectivity index (χ4n) is 3.16. The van der Waals surface area contributed by atoms with Crippen LogP contribution in [0.2, 0.25) is 0 Å². The number of hydrogen-bond donors (Lipinski definition) is 1. The maximum absolute atomic E-state index is 12.4. The second-order valence-electron chi connectivity index (χ2n) is 6.76. The number of Topliss-reactive ketones (excluding diaryl/α,β-unsaturated/α-hetero) is 1. The Balaban J connectivity index is 1.83. The lowest BCUT2D eigenvalue weighted by Gasteiger charge is -2.32. The van der Waals surface area contributed by atoms with Crippen LogP contribution in [0.1, 0.15) is 33.1 Å². The summed E-state index contributed by atoms with van der Waals surface area (Å²) >= 11 is 0. The van der Waals surface area contributed by atoms with Crippen molar-refractivity contribution in [3.8, 4) is 0 Å². The van der Waals surface area contributed by atoms with Gasteiger partial charge in [0.15, 0.2) is 5.65 Å². The van der Waals surface area contributed by atoms with E-state index in [9.17, 15) is 4.79 Å². The summed E-state index contributed by atoms with van der Waals surface area (Å²) in [5.41, 5.74) is 6.76. The van der Waals surface area contributed by atoms with E-state index in [-0.39, 0.29) is 5.92 Å². The molecule has 2 aromatic rings. The Morgan fingerprint density at radius 3 is 2.96 bits per heavy atom. The topological polar surface area (TPSA) is 89.9 Å². The summed E-state index contributed by atoms with van der Waals surface area (Å²) in [5.74, 6) is 1.85. The molecule has 1 aliphatic heterocycles. The second-order valence-corrected chi connectivity index (χ2v) is 6.76. The predicted molar refractivity (Wildman–Crippen MR) is 90.1 cm³/mol. The third-order valence-corrected chi connectivity index (χ3v) is 4.38. The second kappa shape index (κ2) is 6.14. The van der Waals surface area contributed by atoms with Crippen molar-refractivity contribution >= 4 is 28.6 Å². The number of hydrogen-bond acceptors (Lipinski definition) is 6. The zero-order chi connectivity index (χ0) is 16.6. The smallest absolute Gasteiger partial charge is 0.229 e. The quantitative estimate of drug-likeness (QED) is 0.924. The summed E-state index contributed by atoms with van der Waals surface area (Å²) in [6.45, 7) is 5.69. The Morgan fingerprint density at radius 2 is 2.22 bits per heavy atom. The lowest BCUT2D eigenvalue weighted by Crippen LogP contribution is -2.40. The van der Waals surface area contributed by atoms with Crippen molar-refractivity contribution in [3.05, 3.63) is 6.20 Å². The summed E-state index contributed by atoms with van der Waals surface area (Å²) in [4.78, 5) is 23.5. The SMILES string of the molecule is CC(C)CC(=O)C1CCCN(c2nc(N)c3cnn(C)c3n2)C1. The Hall–Kier alpha value is -2.18. The third-order valence-electron chi connectivity index (χ3n) is 4.38. The lowest BCUT2D eigenvalue weighted by atomic mass is 9.89. The molecule has 0 bridgehead atoms. The number of aromatic nitrogens is 4. The van der Waals surface area contributed by atoms with Gasteiger partial charge in [0.1, 0.15) is 11.6 Å². The maximum atomic E-state index is 12.4. The summed E-state index contributed by atoms with van der Waals surface area (Å²) in [5, 5.41) is 4.94. The third kappa shape index (κ3) is 3.13. The first-order valence-corrected chi connectivity index (χ1v) is 8.18. The number of piperidine rings is 1. The van der Waals surface area contributed by atoms with Crippen LogP contribution in [0.5, 0.6) is 0 Å². The summed E-state index contributed by atoms with van der Waals surface area (Å²) < 4.78 is 1.70. The van der Waals surface area contributed by atoms with E-state index in [0.29, 0.717) is 36.4 Å². The molecule has 0 amide bonds. The predicted octanol–water partition coefficient (Wildman–Crippen LogP) is 1.78. The highest BCUT2D eigenvalue weighted by molar-refractivity contribution is 5.86. The number of carbonyl (C=O) groups excluding carboxylic acids is 1. The largest absolute Gasteiger partial charge is 0.383 e. The number of nitrogens with two attached hydrogens (primary N) is 1. The molecule has 7 nitrogen and oxygen atoms in total. The molecule has 1 fully saturated rings. The van der Waals surface area contributed by atoms with E-state index >= 15 is 0 Å². The zero-order valence-electron chi connectivity index (χ0n) is 14.0. The van der Waals surface area contributed by atoms with Crippen LogP contribution in [0.25, 0.3) is 11.0 Å². The Labute approximate surface area is 135 Å². The number of nitrogen functional groups attached to an aromatic ring is 1. The van der Waals surface area contributed by atoms with E-state index in [1.54, 1.807) is 10.9 Å². The highest BCUT2D eigenvalue weighted by atomic mass is 16.1. The van der Waals surface area contributed by atoms with Gasteiger partial charge in [0, 0.05) is 32.5 Å². The molecule has 124 valence electrons. The minimum absolute atomic E-state index is 0.0678. The van der Waals surface area contributed by atoms with E-state index in [4.69, 9.17) is 5.73 Å². The molecular weight excluding hydrogens is 292 g/mol. The molecule has 1 unspecified atom stereocenters. The number of anilines is 2. The Morgan fingerprint density at radius 1 is 1.43 bits per heavy atom.